The summed E-state index contributed by atoms with van der Waals surface area (Å²) in [5.41, 5.74) is 0.916. The van der Waals surface area contributed by atoms with Gasteiger partial charge in [0.25, 0.3) is 0 Å². The summed E-state index contributed by atoms with van der Waals surface area (Å²) in [6.45, 7) is 12.3. The molecule has 0 atom stereocenters. The Kier molecular flexibility index (Phi) is 7.43. The first-order valence-electron chi connectivity index (χ1n) is 7.82. The van der Waals surface area contributed by atoms with Crippen LogP contribution in [-0.2, 0) is 11.2 Å². The molecule has 0 aliphatic rings. The summed E-state index contributed by atoms with van der Waals surface area (Å²) in [4.78, 5) is 8.60. The summed E-state index contributed by atoms with van der Waals surface area (Å²) in [6, 6.07) is 0. The molecule has 1 N–H and O–H groups in total. The van der Waals surface area contributed by atoms with Gasteiger partial charge in [-0.05, 0) is 33.6 Å². The Labute approximate surface area is 128 Å². The van der Waals surface area contributed by atoms with Gasteiger partial charge in [0, 0.05) is 6.54 Å². The second-order valence-corrected chi connectivity index (χ2v) is 5.99. The van der Waals surface area contributed by atoms with Crippen molar-refractivity contribution in [1.82, 2.24) is 9.97 Å². The maximum Gasteiger partial charge on any atom is 0.221 e. The lowest BCUT2D eigenvalue weighted by Crippen LogP contribution is -2.23. The molecule has 5 nitrogen and oxygen atoms in total. The van der Waals surface area contributed by atoms with Gasteiger partial charge >= 0.3 is 0 Å². The van der Waals surface area contributed by atoms with E-state index in [4.69, 9.17) is 9.47 Å². The van der Waals surface area contributed by atoms with E-state index in [1.54, 1.807) is 6.33 Å². The molecule has 1 heterocycles. The largest absolute Gasteiger partial charge is 0.475 e. The van der Waals surface area contributed by atoms with Crippen LogP contribution in [0.3, 0.4) is 0 Å². The van der Waals surface area contributed by atoms with E-state index in [0.29, 0.717) is 19.1 Å². The Morgan fingerprint density at radius 2 is 1.86 bits per heavy atom. The van der Waals surface area contributed by atoms with Gasteiger partial charge in [-0.3, -0.25) is 0 Å². The van der Waals surface area contributed by atoms with Crippen molar-refractivity contribution >= 4 is 5.82 Å². The Balaban J connectivity index is 2.66. The minimum Gasteiger partial charge on any atom is -0.475 e. The van der Waals surface area contributed by atoms with Crippen LogP contribution in [0, 0.1) is 0 Å². The summed E-state index contributed by atoms with van der Waals surface area (Å²) in [6.07, 6.45) is 4.55. The fraction of sp³-hybridized carbons (Fsp3) is 0.750. The Morgan fingerprint density at radius 3 is 2.48 bits per heavy atom. The molecule has 1 aromatic rings. The van der Waals surface area contributed by atoms with Crippen molar-refractivity contribution in [2.45, 2.75) is 59.5 Å². The number of aromatic nitrogens is 2. The molecule has 0 radical (unpaired) electrons. The van der Waals surface area contributed by atoms with E-state index < -0.39 is 0 Å². The molecule has 0 amide bonds. The highest BCUT2D eigenvalue weighted by atomic mass is 16.5. The molecule has 0 aliphatic carbocycles. The highest BCUT2D eigenvalue weighted by Gasteiger charge is 2.13. The maximum atomic E-state index is 5.79. The first-order chi connectivity index (χ1) is 9.98. The van der Waals surface area contributed by atoms with E-state index in [1.165, 1.54) is 0 Å². The molecular formula is C16H29N3O2. The van der Waals surface area contributed by atoms with Gasteiger partial charge in [-0.15, -0.1) is 0 Å². The van der Waals surface area contributed by atoms with Crippen molar-refractivity contribution in [1.29, 1.82) is 0 Å². The zero-order chi connectivity index (χ0) is 15.7. The van der Waals surface area contributed by atoms with Gasteiger partial charge in [-0.25, -0.2) is 9.97 Å². The number of hydrogen-bond donors (Lipinski definition) is 1. The predicted octanol–water partition coefficient (Wildman–Crippen LogP) is 3.44. The summed E-state index contributed by atoms with van der Waals surface area (Å²) in [5.74, 6) is 1.56. The zero-order valence-electron chi connectivity index (χ0n) is 14.0. The summed E-state index contributed by atoms with van der Waals surface area (Å²) < 4.78 is 11.5. The van der Waals surface area contributed by atoms with Gasteiger partial charge in [0.2, 0.25) is 5.88 Å². The molecule has 1 rings (SSSR count). The van der Waals surface area contributed by atoms with E-state index >= 15 is 0 Å². The van der Waals surface area contributed by atoms with E-state index in [0.717, 1.165) is 37.2 Å². The molecule has 0 saturated carbocycles. The molecule has 120 valence electrons. The second kappa shape index (κ2) is 8.82. The summed E-state index contributed by atoms with van der Waals surface area (Å²) in [7, 11) is 0. The van der Waals surface area contributed by atoms with Crippen LogP contribution < -0.4 is 10.1 Å². The summed E-state index contributed by atoms with van der Waals surface area (Å²) in [5, 5.41) is 3.34. The fourth-order valence-electron chi connectivity index (χ4n) is 1.88. The Morgan fingerprint density at radius 1 is 1.10 bits per heavy atom. The minimum atomic E-state index is -0.144. The topological polar surface area (TPSA) is 56.3 Å². The number of nitrogens with one attached hydrogen (secondary N) is 1. The standard InChI is InChI=1S/C16H29N3O2/c1-6-8-13-14(17-9-7-2)18-12-19-15(13)20-10-11-21-16(3,4)5/h12H,6-11H2,1-5H3,(H,17,18,19). The average Bonchev–Trinajstić information content (AvgIpc) is 2.42. The lowest BCUT2D eigenvalue weighted by atomic mass is 10.1. The number of ether oxygens (including phenoxy) is 2. The van der Waals surface area contributed by atoms with Crippen LogP contribution in [0.5, 0.6) is 5.88 Å². The van der Waals surface area contributed by atoms with Crippen molar-refractivity contribution < 1.29 is 9.47 Å². The van der Waals surface area contributed by atoms with Gasteiger partial charge < -0.3 is 14.8 Å². The fourth-order valence-corrected chi connectivity index (χ4v) is 1.88. The van der Waals surface area contributed by atoms with Crippen molar-refractivity contribution in [3.05, 3.63) is 11.9 Å². The van der Waals surface area contributed by atoms with Gasteiger partial charge in [-0.1, -0.05) is 20.3 Å². The van der Waals surface area contributed by atoms with Crippen LogP contribution in [0.4, 0.5) is 5.82 Å². The van der Waals surface area contributed by atoms with Crippen molar-refractivity contribution in [3.8, 4) is 5.88 Å². The molecule has 0 saturated heterocycles. The highest BCUT2D eigenvalue weighted by molar-refractivity contribution is 5.48. The van der Waals surface area contributed by atoms with E-state index in [1.807, 2.05) is 20.8 Å². The first-order valence-corrected chi connectivity index (χ1v) is 7.82. The van der Waals surface area contributed by atoms with Crippen LogP contribution >= 0.6 is 0 Å². The van der Waals surface area contributed by atoms with Gasteiger partial charge in [0.1, 0.15) is 18.8 Å². The normalized spacial score (nSPS) is 11.5. The van der Waals surface area contributed by atoms with Crippen molar-refractivity contribution in [2.24, 2.45) is 0 Å². The minimum absolute atomic E-state index is 0.144. The molecular weight excluding hydrogens is 266 g/mol. The molecule has 1 aromatic heterocycles. The second-order valence-electron chi connectivity index (χ2n) is 5.99. The van der Waals surface area contributed by atoms with Gasteiger partial charge in [-0.2, -0.15) is 0 Å². The third-order valence-corrected chi connectivity index (χ3v) is 2.81. The van der Waals surface area contributed by atoms with E-state index in [-0.39, 0.29) is 5.60 Å². The zero-order valence-corrected chi connectivity index (χ0v) is 14.0. The first kappa shape index (κ1) is 17.7. The van der Waals surface area contributed by atoms with Gasteiger partial charge in [0.05, 0.1) is 17.8 Å². The number of hydrogen-bond acceptors (Lipinski definition) is 5. The van der Waals surface area contributed by atoms with Crippen molar-refractivity contribution in [3.63, 3.8) is 0 Å². The smallest absolute Gasteiger partial charge is 0.221 e. The maximum absolute atomic E-state index is 5.79. The quantitative estimate of drug-likeness (QED) is 0.707. The van der Waals surface area contributed by atoms with E-state index in [2.05, 4.69) is 29.1 Å². The molecule has 5 heteroatoms. The predicted molar refractivity (Wildman–Crippen MR) is 86.0 cm³/mol. The van der Waals surface area contributed by atoms with Crippen LogP contribution in [0.25, 0.3) is 0 Å². The Bertz CT molecular complexity index is 416. The lowest BCUT2D eigenvalue weighted by Gasteiger charge is -2.20. The summed E-state index contributed by atoms with van der Waals surface area (Å²) >= 11 is 0. The van der Waals surface area contributed by atoms with Crippen LogP contribution in [0.2, 0.25) is 0 Å². The molecule has 0 bridgehead atoms. The van der Waals surface area contributed by atoms with Crippen molar-refractivity contribution in [2.75, 3.05) is 25.1 Å². The number of rotatable bonds is 9. The molecule has 0 fully saturated rings. The van der Waals surface area contributed by atoms with Crippen LogP contribution in [0.15, 0.2) is 6.33 Å². The number of nitrogens with zero attached hydrogens (tertiary/aromatic N) is 2. The molecule has 0 aliphatic heterocycles. The molecule has 21 heavy (non-hydrogen) atoms. The molecule has 0 aromatic carbocycles. The number of anilines is 1. The van der Waals surface area contributed by atoms with Gasteiger partial charge in [0.15, 0.2) is 0 Å². The highest BCUT2D eigenvalue weighted by Crippen LogP contribution is 2.23. The molecule has 0 unspecified atom stereocenters. The van der Waals surface area contributed by atoms with E-state index in [9.17, 15) is 0 Å². The SMILES string of the molecule is CCCNc1ncnc(OCCOC(C)(C)C)c1CCC. The third-order valence-electron chi connectivity index (χ3n) is 2.81. The average molecular weight is 295 g/mol. The Hall–Kier alpha value is -1.36. The van der Waals surface area contributed by atoms with Crippen LogP contribution in [0.1, 0.15) is 53.0 Å². The van der Waals surface area contributed by atoms with Crippen LogP contribution in [-0.4, -0.2) is 35.3 Å². The monoisotopic (exact) mass is 295 g/mol. The lowest BCUT2D eigenvalue weighted by molar-refractivity contribution is -0.0169. The molecule has 0 spiro atoms. The third kappa shape index (κ3) is 6.76.